The lowest BCUT2D eigenvalue weighted by molar-refractivity contribution is -0.150. The van der Waals surface area contributed by atoms with E-state index in [0.717, 1.165) is 25.0 Å². The maximum atomic E-state index is 12.4. The molecule has 22 heavy (non-hydrogen) atoms. The van der Waals surface area contributed by atoms with E-state index in [4.69, 9.17) is 0 Å². The van der Waals surface area contributed by atoms with Gasteiger partial charge in [0.05, 0.1) is 16.6 Å². The third kappa shape index (κ3) is 3.48. The number of hydrogen-bond acceptors (Lipinski definition) is 4. The molecule has 2 rings (SSSR count). The summed E-state index contributed by atoms with van der Waals surface area (Å²) in [5, 5.41) is 12.4. The van der Waals surface area contributed by atoms with Crippen LogP contribution in [0.1, 0.15) is 68.2 Å². The molecule has 0 unspecified atom stereocenters. The van der Waals surface area contributed by atoms with Crippen LogP contribution < -0.4 is 5.32 Å². The number of carboxylic acids is 1. The molecule has 0 bridgehead atoms. The Labute approximate surface area is 135 Å². The fourth-order valence-electron chi connectivity index (χ4n) is 2.97. The average molecular weight is 324 g/mol. The summed E-state index contributed by atoms with van der Waals surface area (Å²) >= 11 is 1.31. The van der Waals surface area contributed by atoms with E-state index in [9.17, 15) is 14.7 Å². The van der Waals surface area contributed by atoms with Crippen molar-refractivity contribution in [2.45, 2.75) is 58.3 Å². The van der Waals surface area contributed by atoms with Crippen LogP contribution in [0.3, 0.4) is 0 Å². The molecule has 0 radical (unpaired) electrons. The number of aliphatic carboxylic acids is 1. The van der Waals surface area contributed by atoms with E-state index < -0.39 is 11.4 Å². The molecule has 1 heterocycles. The quantitative estimate of drug-likeness (QED) is 0.891. The molecule has 1 amide bonds. The number of nitrogens with zero attached hydrogens (tertiary/aromatic N) is 1. The van der Waals surface area contributed by atoms with Crippen molar-refractivity contribution in [2.75, 3.05) is 6.54 Å². The first-order valence-corrected chi connectivity index (χ1v) is 8.60. The highest BCUT2D eigenvalue weighted by molar-refractivity contribution is 7.11. The molecule has 1 aromatic heterocycles. The van der Waals surface area contributed by atoms with Gasteiger partial charge in [0.1, 0.15) is 4.88 Å². The Hall–Kier alpha value is -1.43. The van der Waals surface area contributed by atoms with Crippen LogP contribution in [-0.2, 0) is 10.2 Å². The Morgan fingerprint density at radius 3 is 2.50 bits per heavy atom. The number of carboxylic acid groups (broad SMARTS) is 1. The molecule has 1 aromatic rings. The molecule has 122 valence electrons. The summed E-state index contributed by atoms with van der Waals surface area (Å²) in [6.07, 6.45) is 4.17. The van der Waals surface area contributed by atoms with Crippen LogP contribution in [-0.4, -0.2) is 28.5 Å². The molecule has 0 atom stereocenters. The third-order valence-electron chi connectivity index (χ3n) is 4.34. The average Bonchev–Trinajstić information content (AvgIpc) is 2.95. The predicted octanol–water partition coefficient (Wildman–Crippen LogP) is 3.21. The Bertz CT molecular complexity index is 554. The van der Waals surface area contributed by atoms with Gasteiger partial charge in [-0.25, -0.2) is 4.98 Å². The molecule has 2 N–H and O–H groups in total. The number of aromatic nitrogens is 1. The van der Waals surface area contributed by atoms with Crippen LogP contribution in [0.5, 0.6) is 0 Å². The molecule has 1 aliphatic rings. The molecule has 0 aliphatic heterocycles. The maximum absolute atomic E-state index is 12.4. The Kier molecular flexibility index (Phi) is 4.90. The molecule has 0 saturated heterocycles. The Morgan fingerprint density at radius 2 is 1.95 bits per heavy atom. The van der Waals surface area contributed by atoms with Crippen molar-refractivity contribution >= 4 is 23.2 Å². The highest BCUT2D eigenvalue weighted by Gasteiger charge is 2.40. The SMILES string of the molecule is CC(C)(C)c1ncsc1C(=O)NCC1(C(=O)O)CCCCC1. The summed E-state index contributed by atoms with van der Waals surface area (Å²) in [6.45, 7) is 6.23. The van der Waals surface area contributed by atoms with Crippen molar-refractivity contribution in [1.82, 2.24) is 10.3 Å². The Balaban J connectivity index is 2.09. The number of carbonyl (C=O) groups is 2. The van der Waals surface area contributed by atoms with E-state index in [0.29, 0.717) is 17.7 Å². The third-order valence-corrected chi connectivity index (χ3v) is 5.16. The lowest BCUT2D eigenvalue weighted by atomic mass is 9.74. The first-order chi connectivity index (χ1) is 10.3. The second-order valence-corrected chi connectivity index (χ2v) is 7.96. The summed E-state index contributed by atoms with van der Waals surface area (Å²) in [5.74, 6) is -1.01. The molecule has 1 aliphatic carbocycles. The molecule has 6 heteroatoms. The van der Waals surface area contributed by atoms with Gasteiger partial charge < -0.3 is 10.4 Å². The molecule has 1 fully saturated rings. The van der Waals surface area contributed by atoms with Crippen LogP contribution >= 0.6 is 11.3 Å². The van der Waals surface area contributed by atoms with E-state index in [2.05, 4.69) is 10.3 Å². The van der Waals surface area contributed by atoms with E-state index >= 15 is 0 Å². The van der Waals surface area contributed by atoms with Gasteiger partial charge in [-0.1, -0.05) is 40.0 Å². The van der Waals surface area contributed by atoms with Crippen molar-refractivity contribution in [3.8, 4) is 0 Å². The van der Waals surface area contributed by atoms with Crippen molar-refractivity contribution in [1.29, 1.82) is 0 Å². The fourth-order valence-corrected chi connectivity index (χ4v) is 3.88. The van der Waals surface area contributed by atoms with E-state index in [1.54, 1.807) is 5.51 Å². The van der Waals surface area contributed by atoms with Crippen molar-refractivity contribution < 1.29 is 14.7 Å². The normalized spacial score (nSPS) is 18.0. The number of nitrogens with one attached hydrogen (secondary N) is 1. The van der Waals surface area contributed by atoms with Crippen LogP contribution in [0.2, 0.25) is 0 Å². The van der Waals surface area contributed by atoms with Gasteiger partial charge in [0.15, 0.2) is 0 Å². The highest BCUT2D eigenvalue weighted by Crippen LogP contribution is 2.36. The predicted molar refractivity (Wildman–Crippen MR) is 86.3 cm³/mol. The minimum absolute atomic E-state index is 0.197. The topological polar surface area (TPSA) is 79.3 Å². The van der Waals surface area contributed by atoms with Gasteiger partial charge in [0, 0.05) is 12.0 Å². The molecule has 1 saturated carbocycles. The van der Waals surface area contributed by atoms with Crippen LogP contribution in [0.25, 0.3) is 0 Å². The summed E-state index contributed by atoms with van der Waals surface area (Å²) in [7, 11) is 0. The first-order valence-electron chi connectivity index (χ1n) is 7.72. The van der Waals surface area contributed by atoms with Crippen molar-refractivity contribution in [3.63, 3.8) is 0 Å². The zero-order valence-electron chi connectivity index (χ0n) is 13.4. The van der Waals surface area contributed by atoms with Gasteiger partial charge in [0.2, 0.25) is 0 Å². The number of rotatable bonds is 4. The first kappa shape index (κ1) is 16.9. The van der Waals surface area contributed by atoms with Crippen LogP contribution in [0.4, 0.5) is 0 Å². The lowest BCUT2D eigenvalue weighted by Gasteiger charge is -2.33. The number of thiazole rings is 1. The highest BCUT2D eigenvalue weighted by atomic mass is 32.1. The molecular weight excluding hydrogens is 300 g/mol. The molecular formula is C16H24N2O3S. The smallest absolute Gasteiger partial charge is 0.311 e. The minimum atomic E-state index is -0.805. The van der Waals surface area contributed by atoms with Crippen LogP contribution in [0, 0.1) is 5.41 Å². The van der Waals surface area contributed by atoms with E-state index in [-0.39, 0.29) is 17.9 Å². The standard InChI is InChI=1S/C16H24N2O3S/c1-15(2,3)12-11(22-10-18-12)13(19)17-9-16(14(20)21)7-5-4-6-8-16/h10H,4-9H2,1-3H3,(H,17,19)(H,20,21). The van der Waals surface area contributed by atoms with Gasteiger partial charge in [-0.05, 0) is 12.8 Å². The van der Waals surface area contributed by atoms with Gasteiger partial charge >= 0.3 is 5.97 Å². The summed E-state index contributed by atoms with van der Waals surface area (Å²) in [5.41, 5.74) is 1.42. The Morgan fingerprint density at radius 1 is 1.32 bits per heavy atom. The maximum Gasteiger partial charge on any atom is 0.311 e. The second-order valence-electron chi connectivity index (χ2n) is 7.11. The van der Waals surface area contributed by atoms with Gasteiger partial charge in [0.25, 0.3) is 5.91 Å². The fraction of sp³-hybridized carbons (Fsp3) is 0.688. The van der Waals surface area contributed by atoms with E-state index in [1.165, 1.54) is 11.3 Å². The largest absolute Gasteiger partial charge is 0.481 e. The molecule has 0 aromatic carbocycles. The number of amides is 1. The molecule has 5 nitrogen and oxygen atoms in total. The summed E-state index contributed by atoms with van der Waals surface area (Å²) in [6, 6.07) is 0. The van der Waals surface area contributed by atoms with E-state index in [1.807, 2.05) is 20.8 Å². The number of hydrogen-bond donors (Lipinski definition) is 2. The zero-order chi connectivity index (χ0) is 16.4. The monoisotopic (exact) mass is 324 g/mol. The van der Waals surface area contributed by atoms with Crippen molar-refractivity contribution in [2.24, 2.45) is 5.41 Å². The minimum Gasteiger partial charge on any atom is -0.481 e. The van der Waals surface area contributed by atoms with Crippen LogP contribution in [0.15, 0.2) is 5.51 Å². The van der Waals surface area contributed by atoms with Gasteiger partial charge in [-0.3, -0.25) is 9.59 Å². The lowest BCUT2D eigenvalue weighted by Crippen LogP contribution is -2.44. The summed E-state index contributed by atoms with van der Waals surface area (Å²) in [4.78, 5) is 29.0. The van der Waals surface area contributed by atoms with Gasteiger partial charge in [-0.2, -0.15) is 0 Å². The van der Waals surface area contributed by atoms with Gasteiger partial charge in [-0.15, -0.1) is 11.3 Å². The van der Waals surface area contributed by atoms with Crippen molar-refractivity contribution in [3.05, 3.63) is 16.1 Å². The zero-order valence-corrected chi connectivity index (χ0v) is 14.3. The molecule has 0 spiro atoms. The number of carbonyl (C=O) groups excluding carboxylic acids is 1. The summed E-state index contributed by atoms with van der Waals surface area (Å²) < 4.78 is 0. The second kappa shape index (κ2) is 6.36.